The van der Waals surface area contributed by atoms with Crippen LogP contribution < -0.4 is 5.73 Å². The summed E-state index contributed by atoms with van der Waals surface area (Å²) in [6, 6.07) is 2.55. The number of hydrogen-bond donors (Lipinski definition) is 2. The Morgan fingerprint density at radius 3 is 2.69 bits per heavy atom. The van der Waals surface area contributed by atoms with Gasteiger partial charge in [0.15, 0.2) is 0 Å². The first-order valence-electron chi connectivity index (χ1n) is 4.36. The lowest BCUT2D eigenvalue weighted by molar-refractivity contribution is -0.385. The summed E-state index contributed by atoms with van der Waals surface area (Å²) in [5.74, 6) is -0.679. The Labute approximate surface area is 97.6 Å². The third kappa shape index (κ3) is 3.41. The molecule has 0 aliphatic carbocycles. The number of nitrogens with zero attached hydrogens (tertiary/aromatic N) is 1. The lowest BCUT2D eigenvalue weighted by Crippen LogP contribution is -2.14. The molecule has 0 spiro atoms. The van der Waals surface area contributed by atoms with Gasteiger partial charge in [0.1, 0.15) is 5.82 Å². The van der Waals surface area contributed by atoms with Crippen LogP contribution in [0.5, 0.6) is 0 Å². The van der Waals surface area contributed by atoms with Gasteiger partial charge in [-0.15, -0.1) is 12.4 Å². The van der Waals surface area contributed by atoms with Crippen molar-refractivity contribution >= 4 is 18.1 Å². The highest BCUT2D eigenvalue weighted by atomic mass is 35.5. The highest BCUT2D eigenvalue weighted by molar-refractivity contribution is 5.85. The van der Waals surface area contributed by atoms with Crippen LogP contribution in [0.1, 0.15) is 18.0 Å². The van der Waals surface area contributed by atoms with Gasteiger partial charge >= 0.3 is 0 Å². The average molecular weight is 251 g/mol. The number of rotatable bonds is 4. The molecular weight excluding hydrogens is 239 g/mol. The van der Waals surface area contributed by atoms with Gasteiger partial charge in [-0.1, -0.05) is 0 Å². The van der Waals surface area contributed by atoms with Crippen LogP contribution in [-0.2, 0) is 0 Å². The number of nitrogens with two attached hydrogens (primary N) is 1. The molecule has 7 heteroatoms. The van der Waals surface area contributed by atoms with E-state index in [1.165, 1.54) is 6.07 Å². The Morgan fingerprint density at radius 1 is 1.56 bits per heavy atom. The topological polar surface area (TPSA) is 89.4 Å². The Kier molecular flexibility index (Phi) is 5.87. The third-order valence-electron chi connectivity index (χ3n) is 2.03. The van der Waals surface area contributed by atoms with Crippen molar-refractivity contribution < 1.29 is 14.4 Å². The predicted octanol–water partition coefficient (Wildman–Crippen LogP) is 1.54. The number of aliphatic hydroxyl groups excluding tert-OH is 1. The first kappa shape index (κ1) is 14.8. The molecule has 0 aromatic heterocycles. The first-order chi connectivity index (χ1) is 7.06. The number of nitro groups is 1. The highest BCUT2D eigenvalue weighted by Crippen LogP contribution is 2.26. The number of hydrogen-bond acceptors (Lipinski definition) is 4. The van der Waals surface area contributed by atoms with E-state index in [0.717, 1.165) is 12.1 Å². The van der Waals surface area contributed by atoms with Crippen LogP contribution in [0, 0.1) is 15.9 Å². The first-order valence-corrected chi connectivity index (χ1v) is 4.36. The van der Waals surface area contributed by atoms with Crippen LogP contribution >= 0.6 is 12.4 Å². The van der Waals surface area contributed by atoms with Crippen molar-refractivity contribution in [3.63, 3.8) is 0 Å². The van der Waals surface area contributed by atoms with Crippen LogP contribution in [0.3, 0.4) is 0 Å². The molecule has 90 valence electrons. The molecule has 0 heterocycles. The molecule has 0 saturated heterocycles. The Bertz CT molecular complexity index is 376. The minimum Gasteiger partial charge on any atom is -0.396 e. The molecule has 0 saturated carbocycles. The summed E-state index contributed by atoms with van der Waals surface area (Å²) in [6.07, 6.45) is 0.201. The minimum atomic E-state index is -0.685. The van der Waals surface area contributed by atoms with E-state index in [4.69, 9.17) is 10.8 Å². The van der Waals surface area contributed by atoms with Crippen molar-refractivity contribution in [2.45, 2.75) is 12.5 Å². The van der Waals surface area contributed by atoms with Crippen molar-refractivity contribution in [1.29, 1.82) is 0 Å². The lowest BCUT2D eigenvalue weighted by atomic mass is 10.0. The molecule has 0 radical (unpaired) electrons. The molecule has 1 atom stereocenters. The molecule has 0 amide bonds. The molecule has 1 rings (SSSR count). The molecule has 0 aliphatic heterocycles. The van der Waals surface area contributed by atoms with E-state index in [1.807, 2.05) is 0 Å². The van der Waals surface area contributed by atoms with Gasteiger partial charge in [0.2, 0.25) is 0 Å². The van der Waals surface area contributed by atoms with Gasteiger partial charge in [0, 0.05) is 18.2 Å². The maximum Gasteiger partial charge on any atom is 0.277 e. The average Bonchev–Trinajstić information content (AvgIpc) is 2.17. The van der Waals surface area contributed by atoms with Crippen molar-refractivity contribution in [3.05, 3.63) is 39.7 Å². The van der Waals surface area contributed by atoms with Crippen LogP contribution in [0.2, 0.25) is 0 Å². The van der Waals surface area contributed by atoms with Gasteiger partial charge in [-0.2, -0.15) is 0 Å². The monoisotopic (exact) mass is 250 g/mol. The molecule has 16 heavy (non-hydrogen) atoms. The molecule has 0 fully saturated rings. The summed E-state index contributed by atoms with van der Waals surface area (Å²) in [5.41, 5.74) is 5.49. The molecule has 1 aromatic carbocycles. The number of nitro benzene ring substituents is 1. The fourth-order valence-electron chi connectivity index (χ4n) is 1.28. The van der Waals surface area contributed by atoms with Gasteiger partial charge in [0.05, 0.1) is 11.0 Å². The molecule has 3 N–H and O–H groups in total. The van der Waals surface area contributed by atoms with E-state index in [-0.39, 0.29) is 36.7 Å². The van der Waals surface area contributed by atoms with E-state index in [0.29, 0.717) is 0 Å². The Morgan fingerprint density at radius 2 is 2.19 bits per heavy atom. The molecule has 0 unspecified atom stereocenters. The zero-order valence-corrected chi connectivity index (χ0v) is 9.11. The second kappa shape index (κ2) is 6.37. The molecule has 0 bridgehead atoms. The van der Waals surface area contributed by atoms with E-state index < -0.39 is 16.8 Å². The molecule has 5 nitrogen and oxygen atoms in total. The zero-order chi connectivity index (χ0) is 11.4. The molecule has 0 aliphatic rings. The van der Waals surface area contributed by atoms with Crippen molar-refractivity contribution in [3.8, 4) is 0 Å². The Balaban J connectivity index is 0.00000225. The SMILES string of the molecule is Cl.N[C@H](CCO)c1ccc(F)cc1[N+](=O)[O-]. The van der Waals surface area contributed by atoms with Gasteiger partial charge in [-0.3, -0.25) is 10.1 Å². The predicted molar refractivity (Wildman–Crippen MR) is 58.9 cm³/mol. The summed E-state index contributed by atoms with van der Waals surface area (Å²) in [5, 5.41) is 19.3. The second-order valence-electron chi connectivity index (χ2n) is 3.08. The molecule has 1 aromatic rings. The maximum absolute atomic E-state index is 12.8. The standard InChI is InChI=1S/C9H11FN2O3.ClH/c10-6-1-2-7(8(11)3-4-13)9(5-6)12(14)15;/h1-2,5,8,13H,3-4,11H2;1H/t8-;/m1./s1. The van der Waals surface area contributed by atoms with E-state index >= 15 is 0 Å². The Hall–Kier alpha value is -1.24. The fraction of sp³-hybridized carbons (Fsp3) is 0.333. The summed E-state index contributed by atoms with van der Waals surface area (Å²) < 4.78 is 12.8. The van der Waals surface area contributed by atoms with Crippen molar-refractivity contribution in [2.24, 2.45) is 5.73 Å². The largest absolute Gasteiger partial charge is 0.396 e. The summed E-state index contributed by atoms with van der Waals surface area (Å²) >= 11 is 0. The summed E-state index contributed by atoms with van der Waals surface area (Å²) in [7, 11) is 0. The van der Waals surface area contributed by atoms with E-state index in [1.54, 1.807) is 0 Å². The maximum atomic E-state index is 12.8. The highest BCUT2D eigenvalue weighted by Gasteiger charge is 2.19. The van der Waals surface area contributed by atoms with E-state index in [2.05, 4.69) is 0 Å². The van der Waals surface area contributed by atoms with Crippen LogP contribution in [-0.4, -0.2) is 16.6 Å². The zero-order valence-electron chi connectivity index (χ0n) is 8.30. The smallest absolute Gasteiger partial charge is 0.277 e. The van der Waals surface area contributed by atoms with Crippen molar-refractivity contribution in [2.75, 3.05) is 6.61 Å². The van der Waals surface area contributed by atoms with Gasteiger partial charge in [-0.25, -0.2) is 4.39 Å². The number of aliphatic hydroxyl groups is 1. The number of halogens is 2. The third-order valence-corrected chi connectivity index (χ3v) is 2.03. The van der Waals surface area contributed by atoms with Gasteiger partial charge < -0.3 is 10.8 Å². The molecular formula is C9H12ClFN2O3. The summed E-state index contributed by atoms with van der Waals surface area (Å²) in [4.78, 5) is 9.92. The minimum absolute atomic E-state index is 0. The second-order valence-corrected chi connectivity index (χ2v) is 3.08. The van der Waals surface area contributed by atoms with Crippen molar-refractivity contribution in [1.82, 2.24) is 0 Å². The van der Waals surface area contributed by atoms with Gasteiger partial charge in [-0.05, 0) is 18.6 Å². The van der Waals surface area contributed by atoms with Crippen LogP contribution in [0.15, 0.2) is 18.2 Å². The number of benzene rings is 1. The summed E-state index contributed by atoms with van der Waals surface area (Å²) in [6.45, 7) is -0.171. The van der Waals surface area contributed by atoms with Gasteiger partial charge in [0.25, 0.3) is 5.69 Å². The van der Waals surface area contributed by atoms with Crippen LogP contribution in [0.4, 0.5) is 10.1 Å². The van der Waals surface area contributed by atoms with E-state index in [9.17, 15) is 14.5 Å². The normalized spacial score (nSPS) is 11.7. The quantitative estimate of drug-likeness (QED) is 0.627. The fourth-order valence-corrected chi connectivity index (χ4v) is 1.28. The van der Waals surface area contributed by atoms with Crippen LogP contribution in [0.25, 0.3) is 0 Å². The lowest BCUT2D eigenvalue weighted by Gasteiger charge is -2.10.